The smallest absolute Gasteiger partial charge is 0.260 e. The molecule has 7 nitrogen and oxygen atoms in total. The van der Waals surface area contributed by atoms with Crippen LogP contribution in [0.5, 0.6) is 5.75 Å². The van der Waals surface area contributed by atoms with Gasteiger partial charge in [0, 0.05) is 0 Å². The Morgan fingerprint density at radius 2 is 1.90 bits per heavy atom. The Balaban J connectivity index is 2.08. The fourth-order valence-electron chi connectivity index (χ4n) is 2.52. The number of nitrogens with one attached hydrogen (secondary N) is 1. The van der Waals surface area contributed by atoms with Crippen molar-refractivity contribution in [2.75, 3.05) is 24.2 Å². The minimum atomic E-state index is -3.72. The second-order valence-electron chi connectivity index (χ2n) is 6.70. The Labute approximate surface area is 176 Å². The lowest BCUT2D eigenvalue weighted by Gasteiger charge is -2.22. The number of nitrogens with zero attached hydrogens (tertiary/aromatic N) is 2. The molecule has 0 aliphatic rings. The van der Waals surface area contributed by atoms with Crippen LogP contribution in [-0.4, -0.2) is 40.4 Å². The van der Waals surface area contributed by atoms with Crippen LogP contribution in [0, 0.1) is 0 Å². The van der Waals surface area contributed by atoms with Crippen LogP contribution in [0.25, 0.3) is 0 Å². The maximum absolute atomic E-state index is 12.2. The van der Waals surface area contributed by atoms with Gasteiger partial charge in [-0.3, -0.25) is 9.10 Å². The second-order valence-corrected chi connectivity index (χ2v) is 9.02. The van der Waals surface area contributed by atoms with Gasteiger partial charge < -0.3 is 4.74 Å². The van der Waals surface area contributed by atoms with Crippen molar-refractivity contribution in [3.63, 3.8) is 0 Å². The van der Waals surface area contributed by atoms with Crippen LogP contribution in [0.15, 0.2) is 47.6 Å². The van der Waals surface area contributed by atoms with Gasteiger partial charge in [-0.05, 0) is 35.2 Å². The van der Waals surface area contributed by atoms with Gasteiger partial charge in [-0.15, -0.1) is 0 Å². The van der Waals surface area contributed by atoms with E-state index in [4.69, 9.17) is 16.3 Å². The third-order valence-electron chi connectivity index (χ3n) is 4.12. The van der Waals surface area contributed by atoms with Gasteiger partial charge >= 0.3 is 0 Å². The largest absolute Gasteiger partial charge is 0.495 e. The summed E-state index contributed by atoms with van der Waals surface area (Å²) in [6.45, 7) is 3.77. The van der Waals surface area contributed by atoms with Gasteiger partial charge in [0.2, 0.25) is 10.0 Å². The number of amides is 1. The SMILES string of the molecule is COc1ccc(N(CC(=O)N/N=C\c2ccc(C(C)C)cc2)S(C)(=O)=O)cc1Cl. The number of ether oxygens (including phenoxy) is 1. The quantitative estimate of drug-likeness (QED) is 0.506. The molecule has 0 aliphatic carbocycles. The molecule has 0 aliphatic heterocycles. The van der Waals surface area contributed by atoms with E-state index in [2.05, 4.69) is 24.4 Å². The highest BCUT2D eigenvalue weighted by Gasteiger charge is 2.21. The first-order valence-corrected chi connectivity index (χ1v) is 11.1. The number of sulfonamides is 1. The summed E-state index contributed by atoms with van der Waals surface area (Å²) in [5, 5.41) is 4.14. The summed E-state index contributed by atoms with van der Waals surface area (Å²) in [5.41, 5.74) is 4.61. The molecule has 0 aromatic heterocycles. The van der Waals surface area contributed by atoms with E-state index in [1.54, 1.807) is 0 Å². The van der Waals surface area contributed by atoms with Crippen molar-refractivity contribution in [3.8, 4) is 5.75 Å². The fraction of sp³-hybridized carbons (Fsp3) is 0.300. The molecule has 0 radical (unpaired) electrons. The monoisotopic (exact) mass is 437 g/mol. The first-order chi connectivity index (χ1) is 13.6. The van der Waals surface area contributed by atoms with E-state index in [1.807, 2.05) is 24.3 Å². The lowest BCUT2D eigenvalue weighted by atomic mass is 10.0. The minimum Gasteiger partial charge on any atom is -0.495 e. The zero-order valence-corrected chi connectivity index (χ0v) is 18.3. The van der Waals surface area contributed by atoms with Crippen molar-refractivity contribution in [2.24, 2.45) is 5.10 Å². The highest BCUT2D eigenvalue weighted by Crippen LogP contribution is 2.30. The molecule has 0 atom stereocenters. The average Bonchev–Trinajstić information content (AvgIpc) is 2.65. The van der Waals surface area contributed by atoms with Crippen molar-refractivity contribution in [1.29, 1.82) is 0 Å². The molecule has 0 bridgehead atoms. The lowest BCUT2D eigenvalue weighted by molar-refractivity contribution is -0.119. The summed E-state index contributed by atoms with van der Waals surface area (Å²) in [6.07, 6.45) is 2.51. The summed E-state index contributed by atoms with van der Waals surface area (Å²) in [4.78, 5) is 12.2. The Bertz CT molecular complexity index is 989. The van der Waals surface area contributed by atoms with Crippen molar-refractivity contribution in [2.45, 2.75) is 19.8 Å². The minimum absolute atomic E-state index is 0.238. The van der Waals surface area contributed by atoms with Gasteiger partial charge in [-0.2, -0.15) is 5.10 Å². The number of halogens is 1. The highest BCUT2D eigenvalue weighted by atomic mass is 35.5. The van der Waals surface area contributed by atoms with Crippen molar-refractivity contribution in [3.05, 3.63) is 58.6 Å². The maximum atomic E-state index is 12.2. The number of rotatable bonds is 8. The molecule has 0 heterocycles. The van der Waals surface area contributed by atoms with Crippen LogP contribution in [0.2, 0.25) is 5.02 Å². The van der Waals surface area contributed by atoms with Crippen molar-refractivity contribution in [1.82, 2.24) is 5.43 Å². The van der Waals surface area contributed by atoms with Gasteiger partial charge in [-0.25, -0.2) is 13.8 Å². The fourth-order valence-corrected chi connectivity index (χ4v) is 3.62. The van der Waals surface area contributed by atoms with E-state index < -0.39 is 22.5 Å². The lowest BCUT2D eigenvalue weighted by Crippen LogP contribution is -2.39. The molecule has 2 rings (SSSR count). The predicted octanol–water partition coefficient (Wildman–Crippen LogP) is 3.39. The molecule has 9 heteroatoms. The van der Waals surface area contributed by atoms with Crippen LogP contribution in [0.3, 0.4) is 0 Å². The van der Waals surface area contributed by atoms with Crippen LogP contribution in [-0.2, 0) is 14.8 Å². The van der Waals surface area contributed by atoms with Gasteiger partial charge in [0.1, 0.15) is 12.3 Å². The number of carbonyl (C=O) groups is 1. The molecule has 156 valence electrons. The Morgan fingerprint density at radius 1 is 1.24 bits per heavy atom. The molecule has 0 saturated heterocycles. The topological polar surface area (TPSA) is 88.1 Å². The van der Waals surface area contributed by atoms with Crippen molar-refractivity contribution >= 4 is 39.4 Å². The molecule has 29 heavy (non-hydrogen) atoms. The summed E-state index contributed by atoms with van der Waals surface area (Å²) in [7, 11) is -2.26. The Hall–Kier alpha value is -2.58. The zero-order valence-electron chi connectivity index (χ0n) is 16.7. The molecule has 0 unspecified atom stereocenters. The van der Waals surface area contributed by atoms with E-state index in [0.29, 0.717) is 11.7 Å². The molecule has 1 N–H and O–H groups in total. The number of hydrogen-bond donors (Lipinski definition) is 1. The van der Waals surface area contributed by atoms with Gasteiger partial charge in [-0.1, -0.05) is 49.7 Å². The number of anilines is 1. The first kappa shape index (κ1) is 22.7. The predicted molar refractivity (Wildman–Crippen MR) is 116 cm³/mol. The first-order valence-electron chi connectivity index (χ1n) is 8.85. The Kier molecular flexibility index (Phi) is 7.64. The summed E-state index contributed by atoms with van der Waals surface area (Å²) >= 11 is 6.07. The van der Waals surface area contributed by atoms with E-state index in [-0.39, 0.29) is 10.7 Å². The Morgan fingerprint density at radius 3 is 2.41 bits per heavy atom. The molecule has 0 saturated carbocycles. The summed E-state index contributed by atoms with van der Waals surface area (Å²) in [6, 6.07) is 12.2. The summed E-state index contributed by atoms with van der Waals surface area (Å²) in [5.74, 6) is 0.243. The number of hydrazone groups is 1. The van der Waals surface area contributed by atoms with Crippen LogP contribution in [0.1, 0.15) is 30.9 Å². The molecule has 2 aromatic carbocycles. The molecule has 0 spiro atoms. The number of benzene rings is 2. The molecule has 1 amide bonds. The van der Waals surface area contributed by atoms with Crippen molar-refractivity contribution < 1.29 is 17.9 Å². The zero-order chi connectivity index (χ0) is 21.6. The van der Waals surface area contributed by atoms with Crippen LogP contribution >= 0.6 is 11.6 Å². The highest BCUT2D eigenvalue weighted by molar-refractivity contribution is 7.92. The number of hydrogen-bond acceptors (Lipinski definition) is 5. The van der Waals surface area contributed by atoms with E-state index in [1.165, 1.54) is 37.1 Å². The molecule has 0 fully saturated rings. The molecular weight excluding hydrogens is 414 g/mol. The van der Waals surface area contributed by atoms with Gasteiger partial charge in [0.15, 0.2) is 0 Å². The van der Waals surface area contributed by atoms with Gasteiger partial charge in [0.05, 0.1) is 30.3 Å². The number of methoxy groups -OCH3 is 1. The van der Waals surface area contributed by atoms with Crippen LogP contribution in [0.4, 0.5) is 5.69 Å². The van der Waals surface area contributed by atoms with E-state index in [9.17, 15) is 13.2 Å². The normalized spacial score (nSPS) is 11.7. The van der Waals surface area contributed by atoms with Gasteiger partial charge in [0.25, 0.3) is 5.91 Å². The van der Waals surface area contributed by atoms with E-state index >= 15 is 0 Å². The van der Waals surface area contributed by atoms with E-state index in [0.717, 1.165) is 16.1 Å². The molecule has 2 aromatic rings. The average molecular weight is 438 g/mol. The third-order valence-corrected chi connectivity index (χ3v) is 5.55. The number of carbonyl (C=O) groups excluding carboxylic acids is 1. The molecular formula is C20H24ClN3O4S. The summed E-state index contributed by atoms with van der Waals surface area (Å²) < 4.78 is 30.3. The second kappa shape index (κ2) is 9.76. The maximum Gasteiger partial charge on any atom is 0.260 e. The van der Waals surface area contributed by atoms with Crippen LogP contribution < -0.4 is 14.5 Å². The third kappa shape index (κ3) is 6.47. The standard InChI is InChI=1S/C20H24ClN3O4S/c1-14(2)16-7-5-15(6-8-16)12-22-23-20(25)13-24(29(4,26)27)17-9-10-19(28-3)18(21)11-17/h5-12,14H,13H2,1-4H3,(H,23,25)/b22-12-.